The molecule has 2 heterocycles. The van der Waals surface area contributed by atoms with Crippen molar-refractivity contribution in [2.24, 2.45) is 5.84 Å². The molecule has 6 N–H and O–H groups in total. The highest BCUT2D eigenvalue weighted by atomic mass is 16.5. The van der Waals surface area contributed by atoms with E-state index in [0.29, 0.717) is 36.3 Å². The van der Waals surface area contributed by atoms with Crippen LogP contribution in [-0.4, -0.2) is 26.7 Å². The zero-order valence-corrected chi connectivity index (χ0v) is 9.84. The maximum absolute atomic E-state index is 5.52. The highest BCUT2D eigenvalue weighted by Gasteiger charge is 2.04. The lowest BCUT2D eigenvalue weighted by molar-refractivity contribution is 0.377. The number of nitrogens with one attached hydrogen (secondary N) is 2. The third-order valence-electron chi connectivity index (χ3n) is 2.11. The molecule has 0 amide bonds. The molecule has 0 aliphatic heterocycles. The maximum Gasteiger partial charge on any atom is 0.228 e. The summed E-state index contributed by atoms with van der Waals surface area (Å²) in [6, 6.07) is 1.65. The fourth-order valence-electron chi connectivity index (χ4n) is 1.37. The Kier molecular flexibility index (Phi) is 3.53. The topological polar surface area (TPSA) is 141 Å². The van der Waals surface area contributed by atoms with Gasteiger partial charge >= 0.3 is 0 Å². The second-order valence-electron chi connectivity index (χ2n) is 3.55. The van der Waals surface area contributed by atoms with Gasteiger partial charge in [0, 0.05) is 19.0 Å². The highest BCUT2D eigenvalue weighted by Crippen LogP contribution is 2.11. The lowest BCUT2D eigenvalue weighted by Crippen LogP contribution is -2.13. The minimum absolute atomic E-state index is 0.140. The number of aromatic nitrogens is 4. The van der Waals surface area contributed by atoms with Crippen molar-refractivity contribution in [1.29, 1.82) is 0 Å². The quantitative estimate of drug-likeness (QED) is 0.415. The Hall–Kier alpha value is -2.42. The first kappa shape index (κ1) is 12.0. The summed E-state index contributed by atoms with van der Waals surface area (Å²) in [4.78, 5) is 12.0. The fraction of sp³-hybridized carbons (Fsp3) is 0.333. The summed E-state index contributed by atoms with van der Waals surface area (Å²) in [5.41, 5.74) is 7.93. The molecule has 0 bridgehead atoms. The fourth-order valence-corrected chi connectivity index (χ4v) is 1.37. The van der Waals surface area contributed by atoms with Gasteiger partial charge in [-0.25, -0.2) is 5.84 Å². The predicted molar refractivity (Wildman–Crippen MR) is 65.5 cm³/mol. The second-order valence-corrected chi connectivity index (χ2v) is 3.55. The van der Waals surface area contributed by atoms with E-state index in [4.69, 9.17) is 16.1 Å². The van der Waals surface area contributed by atoms with Gasteiger partial charge in [0.05, 0.1) is 0 Å². The van der Waals surface area contributed by atoms with E-state index in [0.717, 1.165) is 0 Å². The van der Waals surface area contributed by atoms with Crippen LogP contribution < -0.4 is 22.3 Å². The molecule has 0 radical (unpaired) electrons. The molecule has 0 saturated heterocycles. The Morgan fingerprint density at radius 1 is 1.28 bits per heavy atom. The van der Waals surface area contributed by atoms with Crippen molar-refractivity contribution in [1.82, 2.24) is 20.1 Å². The van der Waals surface area contributed by atoms with Crippen LogP contribution in [0.2, 0.25) is 0 Å². The van der Waals surface area contributed by atoms with Crippen LogP contribution in [-0.2, 0) is 6.42 Å². The van der Waals surface area contributed by atoms with Crippen LogP contribution >= 0.6 is 0 Å². The van der Waals surface area contributed by atoms with Gasteiger partial charge in [-0.2, -0.15) is 15.0 Å². The molecule has 0 atom stereocenters. The minimum atomic E-state index is 0.140. The van der Waals surface area contributed by atoms with Crippen LogP contribution in [0.25, 0.3) is 0 Å². The van der Waals surface area contributed by atoms with Crippen molar-refractivity contribution in [3.63, 3.8) is 0 Å². The SMILES string of the molecule is Cc1noc(CCNc2cc(NN)nc(N)n2)n1. The van der Waals surface area contributed by atoms with Gasteiger partial charge in [-0.3, -0.25) is 0 Å². The molecule has 96 valence electrons. The van der Waals surface area contributed by atoms with Crippen LogP contribution in [0.15, 0.2) is 10.6 Å². The Labute approximate surface area is 103 Å². The second kappa shape index (κ2) is 5.27. The molecule has 0 fully saturated rings. The highest BCUT2D eigenvalue weighted by molar-refractivity contribution is 5.50. The zero-order valence-electron chi connectivity index (χ0n) is 9.84. The molecular weight excluding hydrogens is 236 g/mol. The molecule has 9 heteroatoms. The summed E-state index contributed by atoms with van der Waals surface area (Å²) in [5, 5.41) is 6.76. The van der Waals surface area contributed by atoms with E-state index in [-0.39, 0.29) is 5.95 Å². The summed E-state index contributed by atoms with van der Waals surface area (Å²) >= 11 is 0. The van der Waals surface area contributed by atoms with Gasteiger partial charge in [0.1, 0.15) is 11.6 Å². The van der Waals surface area contributed by atoms with E-state index in [9.17, 15) is 0 Å². The molecule has 2 aromatic rings. The summed E-state index contributed by atoms with van der Waals surface area (Å²) < 4.78 is 4.98. The van der Waals surface area contributed by atoms with Gasteiger partial charge in [0.25, 0.3) is 0 Å². The molecule has 0 unspecified atom stereocenters. The Bertz CT molecular complexity index is 525. The number of hydrogen-bond donors (Lipinski definition) is 4. The number of nitrogens with two attached hydrogens (primary N) is 2. The number of hydrazine groups is 1. The van der Waals surface area contributed by atoms with Gasteiger partial charge in [0.2, 0.25) is 11.8 Å². The number of hydrogen-bond acceptors (Lipinski definition) is 9. The zero-order chi connectivity index (χ0) is 13.0. The number of aryl methyl sites for hydroxylation is 1. The van der Waals surface area contributed by atoms with E-state index < -0.39 is 0 Å². The molecule has 2 aromatic heterocycles. The Morgan fingerprint density at radius 2 is 2.06 bits per heavy atom. The van der Waals surface area contributed by atoms with Crippen molar-refractivity contribution in [2.75, 3.05) is 23.0 Å². The summed E-state index contributed by atoms with van der Waals surface area (Å²) in [6.07, 6.45) is 0.593. The van der Waals surface area contributed by atoms with Crippen molar-refractivity contribution >= 4 is 17.6 Å². The van der Waals surface area contributed by atoms with Gasteiger partial charge in [-0.1, -0.05) is 5.16 Å². The molecule has 2 rings (SSSR count). The van der Waals surface area contributed by atoms with Crippen LogP contribution in [0.1, 0.15) is 11.7 Å². The van der Waals surface area contributed by atoms with E-state index in [1.165, 1.54) is 0 Å². The van der Waals surface area contributed by atoms with E-state index in [2.05, 4.69) is 30.9 Å². The molecule has 9 nitrogen and oxygen atoms in total. The predicted octanol–water partition coefficient (Wildman–Crippen LogP) is -0.310. The van der Waals surface area contributed by atoms with Crippen LogP contribution in [0.4, 0.5) is 17.6 Å². The average molecular weight is 250 g/mol. The minimum Gasteiger partial charge on any atom is -0.369 e. The van der Waals surface area contributed by atoms with E-state index in [1.807, 2.05) is 0 Å². The normalized spacial score (nSPS) is 10.3. The van der Waals surface area contributed by atoms with Crippen LogP contribution in [0, 0.1) is 6.92 Å². The largest absolute Gasteiger partial charge is 0.369 e. The van der Waals surface area contributed by atoms with E-state index in [1.54, 1.807) is 13.0 Å². The number of nitrogens with zero attached hydrogens (tertiary/aromatic N) is 4. The van der Waals surface area contributed by atoms with Crippen molar-refractivity contribution in [3.8, 4) is 0 Å². The molecule has 0 aliphatic carbocycles. The first-order valence-electron chi connectivity index (χ1n) is 5.31. The lowest BCUT2D eigenvalue weighted by atomic mass is 10.4. The summed E-state index contributed by atoms with van der Waals surface area (Å²) in [6.45, 7) is 2.35. The maximum atomic E-state index is 5.52. The summed E-state index contributed by atoms with van der Waals surface area (Å²) in [7, 11) is 0. The van der Waals surface area contributed by atoms with Crippen LogP contribution in [0.5, 0.6) is 0 Å². The van der Waals surface area contributed by atoms with Gasteiger partial charge < -0.3 is 21.0 Å². The van der Waals surface area contributed by atoms with Crippen molar-refractivity contribution in [2.45, 2.75) is 13.3 Å². The lowest BCUT2D eigenvalue weighted by Gasteiger charge is -2.06. The van der Waals surface area contributed by atoms with Gasteiger partial charge in [0.15, 0.2) is 5.82 Å². The Morgan fingerprint density at radius 3 is 2.72 bits per heavy atom. The first-order valence-corrected chi connectivity index (χ1v) is 5.31. The Balaban J connectivity index is 1.91. The molecule has 0 saturated carbocycles. The number of anilines is 3. The van der Waals surface area contributed by atoms with Gasteiger partial charge in [-0.15, -0.1) is 0 Å². The number of nitrogen functional groups attached to an aromatic ring is 2. The standard InChI is InChI=1S/C9H14N8O/c1-5-13-8(18-17-5)2-3-12-6-4-7(16-11)15-9(10)14-6/h4H,2-3,11H2,1H3,(H4,10,12,14,15,16). The molecule has 0 spiro atoms. The molecular formula is C9H14N8O. The van der Waals surface area contributed by atoms with E-state index >= 15 is 0 Å². The molecule has 18 heavy (non-hydrogen) atoms. The smallest absolute Gasteiger partial charge is 0.228 e. The van der Waals surface area contributed by atoms with Crippen molar-refractivity contribution < 1.29 is 4.52 Å². The third kappa shape index (κ3) is 3.04. The van der Waals surface area contributed by atoms with Crippen LogP contribution in [0.3, 0.4) is 0 Å². The molecule has 0 aliphatic rings. The van der Waals surface area contributed by atoms with Crippen molar-refractivity contribution in [3.05, 3.63) is 17.8 Å². The number of rotatable bonds is 5. The average Bonchev–Trinajstić information content (AvgIpc) is 2.74. The summed E-state index contributed by atoms with van der Waals surface area (Å²) in [5.74, 6) is 7.60. The third-order valence-corrected chi connectivity index (χ3v) is 2.11. The monoisotopic (exact) mass is 250 g/mol. The first-order chi connectivity index (χ1) is 8.67. The molecule has 0 aromatic carbocycles. The van der Waals surface area contributed by atoms with Gasteiger partial charge in [-0.05, 0) is 6.92 Å².